The van der Waals surface area contributed by atoms with Crippen LogP contribution in [0.15, 0.2) is 24.3 Å². The molecule has 0 heterocycles. The van der Waals surface area contributed by atoms with Gasteiger partial charge in [0.05, 0.1) is 6.10 Å². The smallest absolute Gasteiger partial charge is 0.389 e. The molecular weight excluding hydrogens is 255 g/mol. The summed E-state index contributed by atoms with van der Waals surface area (Å²) >= 11 is 0. The Balaban J connectivity index is 2.85. The summed E-state index contributed by atoms with van der Waals surface area (Å²) in [5.41, 5.74) is 0.767. The number of nitrogens with one attached hydrogen (secondary N) is 1. The van der Waals surface area contributed by atoms with Gasteiger partial charge in [-0.15, -0.1) is 0 Å². The fourth-order valence-corrected chi connectivity index (χ4v) is 1.89. The fourth-order valence-electron chi connectivity index (χ4n) is 1.89. The molecule has 1 N–H and O–H groups in total. The molecule has 1 aromatic rings. The van der Waals surface area contributed by atoms with E-state index in [4.69, 9.17) is 4.74 Å². The van der Waals surface area contributed by atoms with E-state index in [-0.39, 0.29) is 18.6 Å². The first-order chi connectivity index (χ1) is 8.83. The van der Waals surface area contributed by atoms with E-state index in [1.165, 1.54) is 0 Å². The molecule has 0 amide bonds. The van der Waals surface area contributed by atoms with Crippen molar-refractivity contribution in [3.8, 4) is 5.75 Å². The van der Waals surface area contributed by atoms with Crippen molar-refractivity contribution in [1.82, 2.24) is 5.32 Å². The Morgan fingerprint density at radius 3 is 2.37 bits per heavy atom. The highest BCUT2D eigenvalue weighted by molar-refractivity contribution is 5.36. The average Bonchev–Trinajstić information content (AvgIpc) is 2.29. The summed E-state index contributed by atoms with van der Waals surface area (Å²) < 4.78 is 42.6. The van der Waals surface area contributed by atoms with Crippen LogP contribution in [0.4, 0.5) is 13.2 Å². The lowest BCUT2D eigenvalue weighted by molar-refractivity contribution is -0.136. The van der Waals surface area contributed by atoms with Gasteiger partial charge >= 0.3 is 6.18 Å². The molecule has 108 valence electrons. The topological polar surface area (TPSA) is 21.3 Å². The molecule has 0 saturated heterocycles. The number of alkyl halides is 3. The maximum atomic E-state index is 12.3. The van der Waals surface area contributed by atoms with Crippen molar-refractivity contribution in [2.24, 2.45) is 0 Å². The van der Waals surface area contributed by atoms with E-state index < -0.39 is 12.6 Å². The minimum Gasteiger partial charge on any atom is -0.491 e. The lowest BCUT2D eigenvalue weighted by Crippen LogP contribution is -2.21. The van der Waals surface area contributed by atoms with Crippen molar-refractivity contribution in [2.45, 2.75) is 45.0 Å². The Morgan fingerprint density at radius 2 is 1.84 bits per heavy atom. The van der Waals surface area contributed by atoms with Gasteiger partial charge in [-0.3, -0.25) is 0 Å². The highest BCUT2D eigenvalue weighted by Gasteiger charge is 2.29. The maximum absolute atomic E-state index is 12.3. The maximum Gasteiger partial charge on any atom is 0.389 e. The lowest BCUT2D eigenvalue weighted by Gasteiger charge is -2.22. The van der Waals surface area contributed by atoms with E-state index in [0.717, 1.165) is 5.56 Å². The monoisotopic (exact) mass is 275 g/mol. The van der Waals surface area contributed by atoms with Crippen LogP contribution in [-0.2, 0) is 0 Å². The minimum atomic E-state index is -4.14. The van der Waals surface area contributed by atoms with Crippen molar-refractivity contribution in [1.29, 1.82) is 0 Å². The average molecular weight is 275 g/mol. The van der Waals surface area contributed by atoms with E-state index in [2.05, 4.69) is 5.32 Å². The highest BCUT2D eigenvalue weighted by Crippen LogP contribution is 2.32. The van der Waals surface area contributed by atoms with Crippen molar-refractivity contribution in [2.75, 3.05) is 7.05 Å². The molecule has 5 heteroatoms. The second-order valence-corrected chi connectivity index (χ2v) is 4.70. The third kappa shape index (κ3) is 5.51. The Hall–Kier alpha value is -1.23. The summed E-state index contributed by atoms with van der Waals surface area (Å²) in [5.74, 6) is 0.638. The fraction of sp³-hybridized carbons (Fsp3) is 0.571. The van der Waals surface area contributed by atoms with Crippen LogP contribution in [-0.4, -0.2) is 19.3 Å². The van der Waals surface area contributed by atoms with E-state index in [1.54, 1.807) is 25.2 Å². The number of para-hydroxylation sites is 1. The van der Waals surface area contributed by atoms with Crippen LogP contribution in [0, 0.1) is 0 Å². The molecular formula is C14H20F3NO. The van der Waals surface area contributed by atoms with Crippen LogP contribution in [0.2, 0.25) is 0 Å². The van der Waals surface area contributed by atoms with Gasteiger partial charge in [0, 0.05) is 18.0 Å². The van der Waals surface area contributed by atoms with Gasteiger partial charge in [-0.05, 0) is 33.4 Å². The molecule has 1 unspecified atom stereocenters. The Labute approximate surface area is 112 Å². The van der Waals surface area contributed by atoms with E-state index in [1.807, 2.05) is 19.9 Å². The van der Waals surface area contributed by atoms with E-state index in [0.29, 0.717) is 5.75 Å². The van der Waals surface area contributed by atoms with Crippen LogP contribution in [0.5, 0.6) is 5.75 Å². The van der Waals surface area contributed by atoms with Gasteiger partial charge < -0.3 is 10.1 Å². The van der Waals surface area contributed by atoms with Crippen LogP contribution in [0.3, 0.4) is 0 Å². The van der Waals surface area contributed by atoms with Crippen LogP contribution in [0.1, 0.15) is 38.3 Å². The Kier molecular flexibility index (Phi) is 5.66. The number of hydrogen-bond acceptors (Lipinski definition) is 2. The molecule has 1 aromatic carbocycles. The highest BCUT2D eigenvalue weighted by atomic mass is 19.4. The second kappa shape index (κ2) is 6.80. The van der Waals surface area contributed by atoms with E-state index in [9.17, 15) is 13.2 Å². The molecule has 0 aliphatic heterocycles. The number of halogens is 3. The zero-order chi connectivity index (χ0) is 14.5. The molecule has 19 heavy (non-hydrogen) atoms. The van der Waals surface area contributed by atoms with Crippen LogP contribution >= 0.6 is 0 Å². The van der Waals surface area contributed by atoms with Gasteiger partial charge in [0.15, 0.2) is 0 Å². The zero-order valence-corrected chi connectivity index (χ0v) is 11.4. The first kappa shape index (κ1) is 15.8. The van der Waals surface area contributed by atoms with Gasteiger partial charge in [-0.25, -0.2) is 0 Å². The van der Waals surface area contributed by atoms with Crippen molar-refractivity contribution >= 4 is 0 Å². The lowest BCUT2D eigenvalue weighted by atomic mass is 10.0. The Bertz CT molecular complexity index is 391. The van der Waals surface area contributed by atoms with Crippen molar-refractivity contribution in [3.05, 3.63) is 29.8 Å². The second-order valence-electron chi connectivity index (χ2n) is 4.70. The molecule has 0 fully saturated rings. The zero-order valence-electron chi connectivity index (χ0n) is 11.4. The molecule has 0 spiro atoms. The van der Waals surface area contributed by atoms with Gasteiger partial charge in [0.2, 0.25) is 0 Å². The first-order valence-corrected chi connectivity index (χ1v) is 6.33. The van der Waals surface area contributed by atoms with Crippen molar-refractivity contribution < 1.29 is 17.9 Å². The van der Waals surface area contributed by atoms with Crippen LogP contribution < -0.4 is 10.1 Å². The number of ether oxygens (including phenoxy) is 1. The molecule has 0 aliphatic rings. The summed E-state index contributed by atoms with van der Waals surface area (Å²) in [7, 11) is 1.66. The molecule has 0 bridgehead atoms. The minimum absolute atomic E-state index is 0.00152. The summed E-state index contributed by atoms with van der Waals surface area (Å²) in [6.07, 6.45) is -4.96. The molecule has 0 aliphatic carbocycles. The van der Waals surface area contributed by atoms with E-state index >= 15 is 0 Å². The Morgan fingerprint density at radius 1 is 1.21 bits per heavy atom. The number of hydrogen-bond donors (Lipinski definition) is 1. The molecule has 0 saturated carbocycles. The SMILES string of the molecule is CNC(CCC(F)(F)F)c1ccccc1OC(C)C. The summed E-state index contributed by atoms with van der Waals surface area (Å²) in [6.45, 7) is 3.78. The summed E-state index contributed by atoms with van der Waals surface area (Å²) in [5, 5.41) is 2.92. The molecule has 2 nitrogen and oxygen atoms in total. The quantitative estimate of drug-likeness (QED) is 0.844. The predicted molar refractivity (Wildman–Crippen MR) is 69.3 cm³/mol. The molecule has 1 rings (SSSR count). The third-order valence-electron chi connectivity index (χ3n) is 2.72. The van der Waals surface area contributed by atoms with Gasteiger partial charge in [0.25, 0.3) is 0 Å². The predicted octanol–water partition coefficient (Wildman–Crippen LogP) is 4.08. The standard InChI is InChI=1S/C14H20F3NO/c1-10(2)19-13-7-5-4-6-11(13)12(18-3)8-9-14(15,16)17/h4-7,10,12,18H,8-9H2,1-3H3. The third-order valence-corrected chi connectivity index (χ3v) is 2.72. The molecule has 1 atom stereocenters. The largest absolute Gasteiger partial charge is 0.491 e. The molecule has 0 aromatic heterocycles. The number of rotatable bonds is 6. The summed E-state index contributed by atoms with van der Waals surface area (Å²) in [4.78, 5) is 0. The summed E-state index contributed by atoms with van der Waals surface area (Å²) in [6, 6.07) is 6.84. The van der Waals surface area contributed by atoms with Crippen LogP contribution in [0.25, 0.3) is 0 Å². The van der Waals surface area contributed by atoms with Gasteiger partial charge in [-0.2, -0.15) is 13.2 Å². The van der Waals surface area contributed by atoms with Gasteiger partial charge in [0.1, 0.15) is 5.75 Å². The van der Waals surface area contributed by atoms with Gasteiger partial charge in [-0.1, -0.05) is 18.2 Å². The molecule has 0 radical (unpaired) electrons. The van der Waals surface area contributed by atoms with Crippen molar-refractivity contribution in [3.63, 3.8) is 0 Å². The first-order valence-electron chi connectivity index (χ1n) is 6.33. The normalized spacial score (nSPS) is 13.6. The number of benzene rings is 1.